The van der Waals surface area contributed by atoms with E-state index in [0.717, 1.165) is 13.6 Å². The minimum absolute atomic E-state index is 0.375. The molecule has 2 rings (SSSR count). The maximum absolute atomic E-state index is 10.7. The fraction of sp³-hybridized carbons (Fsp3) is 0. The quantitative estimate of drug-likeness (QED) is 0.914. The van der Waals surface area contributed by atoms with Crippen molar-refractivity contribution in [1.82, 2.24) is 0 Å². The molecule has 2 nitrogen and oxygen atoms in total. The van der Waals surface area contributed by atoms with E-state index in [1.165, 1.54) is 11.3 Å². The van der Waals surface area contributed by atoms with Crippen LogP contribution in [-0.4, -0.2) is 11.1 Å². The molecule has 1 aromatic heterocycles. The Kier molecular flexibility index (Phi) is 3.68. The van der Waals surface area contributed by atoms with Crippen LogP contribution >= 0.6 is 39.0 Å². The van der Waals surface area contributed by atoms with Crippen molar-refractivity contribution in [2.75, 3.05) is 0 Å². The van der Waals surface area contributed by atoms with Gasteiger partial charge in [-0.3, -0.25) is 0 Å². The van der Waals surface area contributed by atoms with Crippen LogP contribution < -0.4 is 0 Å². The zero-order valence-corrected chi connectivity index (χ0v) is 11.2. The number of hydrogen-bond donors (Lipinski definition) is 1. The van der Waals surface area contributed by atoms with Crippen LogP contribution in [0, 0.1) is 0 Å². The second kappa shape index (κ2) is 5.03. The van der Waals surface area contributed by atoms with Crippen LogP contribution in [0.4, 0.5) is 0 Å². The first kappa shape index (κ1) is 11.7. The Labute approximate surface area is 109 Å². The molecule has 2 aromatic rings. The topological polar surface area (TPSA) is 37.3 Å². The average molecular weight is 315 g/mol. The van der Waals surface area contributed by atoms with Crippen LogP contribution in [0.15, 0.2) is 50.0 Å². The molecule has 0 amide bonds. The number of aromatic carboxylic acids is 1. The maximum atomic E-state index is 10.7. The lowest BCUT2D eigenvalue weighted by Crippen LogP contribution is -1.89. The van der Waals surface area contributed by atoms with Gasteiger partial charge >= 0.3 is 5.97 Å². The molecule has 0 spiro atoms. The summed E-state index contributed by atoms with van der Waals surface area (Å²) in [4.78, 5) is 12.2. The Bertz CT molecular complexity index is 505. The molecular formula is C11H7BrO2S2. The standard InChI is InChI=1S/C11H7BrO2S2/c12-7-1-3-8(4-2-7)15-10-6-5-9(16-10)11(13)14/h1-6H,(H,13,14). The molecule has 0 saturated carbocycles. The van der Waals surface area contributed by atoms with Gasteiger partial charge in [-0.25, -0.2) is 4.79 Å². The summed E-state index contributed by atoms with van der Waals surface area (Å²) in [5, 5.41) is 8.80. The van der Waals surface area contributed by atoms with E-state index in [2.05, 4.69) is 15.9 Å². The van der Waals surface area contributed by atoms with Gasteiger partial charge in [-0.1, -0.05) is 27.7 Å². The van der Waals surface area contributed by atoms with Gasteiger partial charge in [0, 0.05) is 9.37 Å². The molecular weight excluding hydrogens is 308 g/mol. The summed E-state index contributed by atoms with van der Waals surface area (Å²) in [7, 11) is 0. The first-order valence-corrected chi connectivity index (χ1v) is 6.84. The molecule has 0 aliphatic rings. The highest BCUT2D eigenvalue weighted by Gasteiger charge is 2.07. The fourth-order valence-corrected chi connectivity index (χ4v) is 3.31. The van der Waals surface area contributed by atoms with Gasteiger partial charge in [-0.2, -0.15) is 0 Å². The molecule has 0 aliphatic carbocycles. The number of carboxylic acids is 1. The minimum Gasteiger partial charge on any atom is -0.477 e. The molecule has 0 radical (unpaired) electrons. The fourth-order valence-electron chi connectivity index (χ4n) is 1.11. The van der Waals surface area contributed by atoms with Crippen molar-refractivity contribution in [1.29, 1.82) is 0 Å². The molecule has 1 aromatic carbocycles. The Morgan fingerprint density at radius 1 is 1.19 bits per heavy atom. The van der Waals surface area contributed by atoms with Crippen molar-refractivity contribution in [3.8, 4) is 0 Å². The van der Waals surface area contributed by atoms with Gasteiger partial charge in [0.25, 0.3) is 0 Å². The molecule has 0 atom stereocenters. The number of rotatable bonds is 3. The summed E-state index contributed by atoms with van der Waals surface area (Å²) >= 11 is 6.23. The number of hydrogen-bond acceptors (Lipinski definition) is 3. The maximum Gasteiger partial charge on any atom is 0.345 e. The van der Waals surface area contributed by atoms with Crippen LogP contribution in [0.3, 0.4) is 0 Å². The van der Waals surface area contributed by atoms with Crippen molar-refractivity contribution in [3.63, 3.8) is 0 Å². The van der Waals surface area contributed by atoms with E-state index in [4.69, 9.17) is 5.11 Å². The third-order valence-electron chi connectivity index (χ3n) is 1.82. The normalized spacial score (nSPS) is 10.3. The Hall–Kier alpha value is -0.780. The number of thiophene rings is 1. The highest BCUT2D eigenvalue weighted by molar-refractivity contribution is 9.10. The highest BCUT2D eigenvalue weighted by atomic mass is 79.9. The van der Waals surface area contributed by atoms with Crippen LogP contribution in [0.5, 0.6) is 0 Å². The smallest absolute Gasteiger partial charge is 0.345 e. The molecule has 0 saturated heterocycles. The van der Waals surface area contributed by atoms with E-state index >= 15 is 0 Å². The van der Waals surface area contributed by atoms with Crippen LogP contribution in [0.1, 0.15) is 9.67 Å². The van der Waals surface area contributed by atoms with Crippen molar-refractivity contribution in [3.05, 3.63) is 45.7 Å². The van der Waals surface area contributed by atoms with E-state index in [0.29, 0.717) is 4.88 Å². The molecule has 82 valence electrons. The van der Waals surface area contributed by atoms with E-state index in [9.17, 15) is 4.79 Å². The summed E-state index contributed by atoms with van der Waals surface area (Å²) < 4.78 is 2.02. The Balaban J connectivity index is 2.14. The van der Waals surface area contributed by atoms with E-state index < -0.39 is 5.97 Å². The summed E-state index contributed by atoms with van der Waals surface area (Å²) in [5.41, 5.74) is 0. The zero-order valence-electron chi connectivity index (χ0n) is 8.01. The SMILES string of the molecule is O=C(O)c1ccc(Sc2ccc(Br)cc2)s1. The van der Waals surface area contributed by atoms with Crippen molar-refractivity contribution < 1.29 is 9.90 Å². The van der Waals surface area contributed by atoms with Crippen LogP contribution in [-0.2, 0) is 0 Å². The first-order chi connectivity index (χ1) is 7.65. The summed E-state index contributed by atoms with van der Waals surface area (Å²) in [5.74, 6) is -0.868. The van der Waals surface area contributed by atoms with E-state index in [-0.39, 0.29) is 0 Å². The van der Waals surface area contributed by atoms with E-state index in [1.807, 2.05) is 30.3 Å². The lowest BCUT2D eigenvalue weighted by Gasteiger charge is -1.97. The lowest BCUT2D eigenvalue weighted by atomic mass is 10.4. The molecule has 5 heteroatoms. The molecule has 16 heavy (non-hydrogen) atoms. The first-order valence-electron chi connectivity index (χ1n) is 4.42. The number of halogens is 1. The van der Waals surface area contributed by atoms with E-state index in [1.54, 1.807) is 17.8 Å². The number of benzene rings is 1. The molecule has 0 bridgehead atoms. The van der Waals surface area contributed by atoms with Gasteiger partial charge in [0.15, 0.2) is 0 Å². The van der Waals surface area contributed by atoms with Crippen molar-refractivity contribution in [2.45, 2.75) is 9.10 Å². The second-order valence-corrected chi connectivity index (χ2v) is 6.35. The summed E-state index contributed by atoms with van der Waals surface area (Å²) in [6, 6.07) is 11.4. The average Bonchev–Trinajstić information content (AvgIpc) is 2.70. The van der Waals surface area contributed by atoms with Gasteiger partial charge in [-0.05, 0) is 36.4 Å². The Morgan fingerprint density at radius 2 is 1.88 bits per heavy atom. The van der Waals surface area contributed by atoms with Crippen LogP contribution in [0.2, 0.25) is 0 Å². The summed E-state index contributed by atoms with van der Waals surface area (Å²) in [6.45, 7) is 0. The molecule has 0 unspecified atom stereocenters. The third kappa shape index (κ3) is 2.87. The largest absolute Gasteiger partial charge is 0.477 e. The zero-order chi connectivity index (χ0) is 11.5. The Morgan fingerprint density at radius 3 is 2.44 bits per heavy atom. The van der Waals surface area contributed by atoms with Gasteiger partial charge in [0.1, 0.15) is 4.88 Å². The lowest BCUT2D eigenvalue weighted by molar-refractivity contribution is 0.0702. The van der Waals surface area contributed by atoms with Gasteiger partial charge in [0.05, 0.1) is 4.21 Å². The molecule has 1 heterocycles. The molecule has 1 N–H and O–H groups in total. The minimum atomic E-state index is -0.868. The van der Waals surface area contributed by atoms with Crippen molar-refractivity contribution >= 4 is 45.0 Å². The monoisotopic (exact) mass is 314 g/mol. The number of carbonyl (C=O) groups is 1. The summed E-state index contributed by atoms with van der Waals surface area (Å²) in [6.07, 6.45) is 0. The molecule has 0 aliphatic heterocycles. The van der Waals surface area contributed by atoms with Gasteiger partial charge < -0.3 is 5.11 Å². The van der Waals surface area contributed by atoms with Crippen LogP contribution in [0.25, 0.3) is 0 Å². The second-order valence-electron chi connectivity index (χ2n) is 2.98. The predicted molar refractivity (Wildman–Crippen MR) is 69.5 cm³/mol. The van der Waals surface area contributed by atoms with Gasteiger partial charge in [-0.15, -0.1) is 11.3 Å². The van der Waals surface area contributed by atoms with Crippen molar-refractivity contribution in [2.24, 2.45) is 0 Å². The van der Waals surface area contributed by atoms with Gasteiger partial charge in [0.2, 0.25) is 0 Å². The third-order valence-corrected chi connectivity index (χ3v) is 4.57. The molecule has 0 fully saturated rings. The number of carboxylic acid groups (broad SMARTS) is 1. The highest BCUT2D eigenvalue weighted by Crippen LogP contribution is 2.33. The predicted octanol–water partition coefficient (Wildman–Crippen LogP) is 4.36.